The summed E-state index contributed by atoms with van der Waals surface area (Å²) in [6.07, 6.45) is 0. The highest BCUT2D eigenvalue weighted by Gasteiger charge is 2.14. The van der Waals surface area contributed by atoms with E-state index < -0.39 is 5.97 Å². The highest BCUT2D eigenvalue weighted by Crippen LogP contribution is 2.27. The van der Waals surface area contributed by atoms with Crippen LogP contribution in [0.15, 0.2) is 9.63 Å². The van der Waals surface area contributed by atoms with E-state index in [0.29, 0.717) is 10.9 Å². The Labute approximate surface area is 121 Å². The summed E-state index contributed by atoms with van der Waals surface area (Å²) in [4.78, 5) is 10.7. The van der Waals surface area contributed by atoms with Crippen molar-refractivity contribution in [3.8, 4) is 0 Å². The van der Waals surface area contributed by atoms with Crippen LogP contribution in [0.5, 0.6) is 0 Å². The number of nitrogens with zero attached hydrogens (tertiary/aromatic N) is 6. The second kappa shape index (κ2) is 5.70. The van der Waals surface area contributed by atoms with Crippen LogP contribution in [0.2, 0.25) is 0 Å². The van der Waals surface area contributed by atoms with Crippen LogP contribution >= 0.6 is 27.7 Å². The van der Waals surface area contributed by atoms with E-state index in [2.05, 4.69) is 36.6 Å². The number of aryl methyl sites for hydroxylation is 2. The van der Waals surface area contributed by atoms with E-state index in [1.807, 2.05) is 14.0 Å². The Hall–Kier alpha value is -1.42. The minimum absolute atomic E-state index is 0.249. The smallest absolute Gasteiger partial charge is 0.325 e. The number of carboxylic acid groups (broad SMARTS) is 1. The summed E-state index contributed by atoms with van der Waals surface area (Å²) in [5, 5.41) is 24.4. The molecular formula is C9H11BrN6O2S. The predicted molar refractivity (Wildman–Crippen MR) is 70.7 cm³/mol. The van der Waals surface area contributed by atoms with Gasteiger partial charge in [0, 0.05) is 12.8 Å². The van der Waals surface area contributed by atoms with Gasteiger partial charge in [0.2, 0.25) is 5.16 Å². The van der Waals surface area contributed by atoms with E-state index in [0.717, 1.165) is 15.9 Å². The number of rotatable bonds is 5. The molecule has 0 fully saturated rings. The van der Waals surface area contributed by atoms with Crippen LogP contribution in [0, 0.1) is 6.92 Å². The first-order valence-electron chi connectivity index (χ1n) is 5.27. The average molecular weight is 347 g/mol. The first-order valence-corrected chi connectivity index (χ1v) is 7.05. The minimum Gasteiger partial charge on any atom is -0.480 e. The Bertz CT molecular complexity index is 610. The van der Waals surface area contributed by atoms with Crippen molar-refractivity contribution in [1.82, 2.24) is 30.0 Å². The average Bonchev–Trinajstić information content (AvgIpc) is 2.84. The molecule has 0 saturated carbocycles. The van der Waals surface area contributed by atoms with Gasteiger partial charge in [-0.3, -0.25) is 9.48 Å². The number of halogens is 1. The number of hydrogen-bond acceptors (Lipinski definition) is 6. The van der Waals surface area contributed by atoms with Crippen LogP contribution in [0.25, 0.3) is 0 Å². The van der Waals surface area contributed by atoms with Crippen LogP contribution in [-0.4, -0.2) is 41.1 Å². The van der Waals surface area contributed by atoms with Gasteiger partial charge in [-0.1, -0.05) is 11.8 Å². The van der Waals surface area contributed by atoms with Gasteiger partial charge in [-0.05, 0) is 33.3 Å². The molecule has 2 aromatic heterocycles. The summed E-state index contributed by atoms with van der Waals surface area (Å²) < 4.78 is 3.97. The SMILES string of the molecule is Cc1nn(C)c(CSc2nnnn2CC(=O)O)c1Br. The van der Waals surface area contributed by atoms with E-state index in [1.165, 1.54) is 16.4 Å². The fraction of sp³-hybridized carbons (Fsp3) is 0.444. The van der Waals surface area contributed by atoms with Crippen molar-refractivity contribution in [2.75, 3.05) is 0 Å². The molecule has 0 aliphatic carbocycles. The molecule has 0 aliphatic rings. The fourth-order valence-electron chi connectivity index (χ4n) is 1.50. The van der Waals surface area contributed by atoms with Crippen LogP contribution in [0.4, 0.5) is 0 Å². The molecule has 0 radical (unpaired) electrons. The Morgan fingerprint density at radius 1 is 1.53 bits per heavy atom. The molecule has 102 valence electrons. The summed E-state index contributed by atoms with van der Waals surface area (Å²) in [5.41, 5.74) is 1.90. The zero-order valence-electron chi connectivity index (χ0n) is 10.2. The fourth-order valence-corrected chi connectivity index (χ4v) is 3.10. The summed E-state index contributed by atoms with van der Waals surface area (Å²) >= 11 is 4.84. The maximum atomic E-state index is 10.7. The van der Waals surface area contributed by atoms with E-state index in [4.69, 9.17) is 5.11 Å². The Balaban J connectivity index is 2.10. The van der Waals surface area contributed by atoms with E-state index in [1.54, 1.807) is 4.68 Å². The molecule has 0 unspecified atom stereocenters. The molecule has 2 aromatic rings. The maximum Gasteiger partial charge on any atom is 0.325 e. The largest absolute Gasteiger partial charge is 0.480 e. The Morgan fingerprint density at radius 2 is 2.26 bits per heavy atom. The van der Waals surface area contributed by atoms with Crippen molar-refractivity contribution in [3.05, 3.63) is 15.9 Å². The molecule has 19 heavy (non-hydrogen) atoms. The topological polar surface area (TPSA) is 98.7 Å². The number of carbonyl (C=O) groups is 1. The number of carboxylic acids is 1. The molecule has 10 heteroatoms. The zero-order chi connectivity index (χ0) is 14.0. The molecular weight excluding hydrogens is 336 g/mol. The van der Waals surface area contributed by atoms with Crippen molar-refractivity contribution < 1.29 is 9.90 Å². The summed E-state index contributed by atoms with van der Waals surface area (Å²) in [6.45, 7) is 1.66. The van der Waals surface area contributed by atoms with Gasteiger partial charge >= 0.3 is 5.97 Å². The molecule has 1 N–H and O–H groups in total. The third-order valence-corrected chi connectivity index (χ3v) is 4.38. The van der Waals surface area contributed by atoms with Crippen LogP contribution in [-0.2, 0) is 24.1 Å². The highest BCUT2D eigenvalue weighted by molar-refractivity contribution is 9.10. The minimum atomic E-state index is -0.980. The van der Waals surface area contributed by atoms with Crippen molar-refractivity contribution >= 4 is 33.7 Å². The molecule has 0 aromatic carbocycles. The van der Waals surface area contributed by atoms with Gasteiger partial charge in [0.15, 0.2) is 0 Å². The Kier molecular flexibility index (Phi) is 4.20. The lowest BCUT2D eigenvalue weighted by atomic mass is 10.4. The first kappa shape index (κ1) is 14.0. The van der Waals surface area contributed by atoms with Gasteiger partial charge in [-0.15, -0.1) is 5.10 Å². The van der Waals surface area contributed by atoms with Gasteiger partial charge < -0.3 is 5.11 Å². The molecule has 2 rings (SSSR count). The quantitative estimate of drug-likeness (QED) is 0.801. The second-order valence-corrected chi connectivity index (χ2v) is 5.51. The van der Waals surface area contributed by atoms with E-state index >= 15 is 0 Å². The summed E-state index contributed by atoms with van der Waals surface area (Å²) in [5.74, 6) is -0.385. The molecule has 0 bridgehead atoms. The third kappa shape index (κ3) is 3.13. The number of aliphatic carboxylic acids is 1. The van der Waals surface area contributed by atoms with Gasteiger partial charge in [-0.2, -0.15) is 5.10 Å². The molecule has 8 nitrogen and oxygen atoms in total. The van der Waals surface area contributed by atoms with Crippen molar-refractivity contribution in [2.45, 2.75) is 24.4 Å². The lowest BCUT2D eigenvalue weighted by Crippen LogP contribution is -2.11. The van der Waals surface area contributed by atoms with Crippen LogP contribution in [0.1, 0.15) is 11.4 Å². The zero-order valence-corrected chi connectivity index (χ0v) is 12.6. The third-order valence-electron chi connectivity index (χ3n) is 2.38. The van der Waals surface area contributed by atoms with Gasteiger partial charge in [0.1, 0.15) is 6.54 Å². The molecule has 0 spiro atoms. The molecule has 0 atom stereocenters. The summed E-state index contributed by atoms with van der Waals surface area (Å²) in [6, 6.07) is 0. The van der Waals surface area contributed by atoms with E-state index in [9.17, 15) is 4.79 Å². The molecule has 0 amide bonds. The molecule has 0 aliphatic heterocycles. The summed E-state index contributed by atoms with van der Waals surface area (Å²) in [7, 11) is 1.86. The first-order chi connectivity index (χ1) is 8.99. The normalized spacial score (nSPS) is 10.9. The van der Waals surface area contributed by atoms with Gasteiger partial charge in [0.05, 0.1) is 15.9 Å². The highest BCUT2D eigenvalue weighted by atomic mass is 79.9. The number of aromatic nitrogens is 6. The standard InChI is InChI=1S/C9H11BrN6O2S/c1-5-8(10)6(15(2)12-5)4-19-9-11-13-14-16(9)3-7(17)18/h3-4H2,1-2H3,(H,17,18). The second-order valence-electron chi connectivity index (χ2n) is 3.77. The van der Waals surface area contributed by atoms with Crippen molar-refractivity contribution in [2.24, 2.45) is 7.05 Å². The number of tetrazole rings is 1. The number of hydrogen-bond donors (Lipinski definition) is 1. The van der Waals surface area contributed by atoms with Gasteiger partial charge in [0.25, 0.3) is 0 Å². The Morgan fingerprint density at radius 3 is 2.84 bits per heavy atom. The van der Waals surface area contributed by atoms with Gasteiger partial charge in [-0.25, -0.2) is 4.68 Å². The lowest BCUT2D eigenvalue weighted by Gasteiger charge is -2.03. The lowest BCUT2D eigenvalue weighted by molar-refractivity contribution is -0.138. The van der Waals surface area contributed by atoms with E-state index in [-0.39, 0.29) is 6.54 Å². The molecule has 2 heterocycles. The van der Waals surface area contributed by atoms with Crippen molar-refractivity contribution in [1.29, 1.82) is 0 Å². The monoisotopic (exact) mass is 346 g/mol. The predicted octanol–water partition coefficient (Wildman–Crippen LogP) is 0.854. The van der Waals surface area contributed by atoms with Crippen LogP contribution in [0.3, 0.4) is 0 Å². The van der Waals surface area contributed by atoms with Crippen LogP contribution < -0.4 is 0 Å². The van der Waals surface area contributed by atoms with Crippen molar-refractivity contribution in [3.63, 3.8) is 0 Å². The maximum absolute atomic E-state index is 10.7. The number of thioether (sulfide) groups is 1. The molecule has 0 saturated heterocycles.